The minimum absolute atomic E-state index is 0.0528. The van der Waals surface area contributed by atoms with Gasteiger partial charge in [0.15, 0.2) is 0 Å². The largest absolute Gasteiger partial charge is 0.508 e. The maximum absolute atomic E-state index is 11.1. The third-order valence-corrected chi connectivity index (χ3v) is 3.57. The number of rotatable bonds is 6. The van der Waals surface area contributed by atoms with Crippen LogP contribution in [0.15, 0.2) is 41.5 Å². The summed E-state index contributed by atoms with van der Waals surface area (Å²) in [6.07, 6.45) is 0.540. The van der Waals surface area contributed by atoms with Crippen molar-refractivity contribution in [1.82, 2.24) is 0 Å². The molecule has 2 rings (SSSR count). The van der Waals surface area contributed by atoms with Gasteiger partial charge in [-0.1, -0.05) is 6.92 Å². The molecular formula is C16H16N4O5. The van der Waals surface area contributed by atoms with Crippen LogP contribution in [0.4, 0.5) is 17.1 Å². The first-order valence-corrected chi connectivity index (χ1v) is 7.39. The maximum Gasteiger partial charge on any atom is 0.301 e. The van der Waals surface area contributed by atoms with Crippen molar-refractivity contribution in [2.45, 2.75) is 20.3 Å². The van der Waals surface area contributed by atoms with Gasteiger partial charge in [0.25, 0.3) is 5.69 Å². The highest BCUT2D eigenvalue weighted by molar-refractivity contribution is 6.01. The van der Waals surface area contributed by atoms with Crippen molar-refractivity contribution in [3.8, 4) is 5.75 Å². The lowest BCUT2D eigenvalue weighted by atomic mass is 10.1. The highest BCUT2D eigenvalue weighted by atomic mass is 16.6. The van der Waals surface area contributed by atoms with E-state index >= 15 is 0 Å². The number of anilines is 1. The van der Waals surface area contributed by atoms with E-state index in [1.807, 2.05) is 6.92 Å². The van der Waals surface area contributed by atoms with Crippen LogP contribution in [0.25, 0.3) is 0 Å². The Hall–Kier alpha value is -3.49. The van der Waals surface area contributed by atoms with Gasteiger partial charge in [0, 0.05) is 6.07 Å². The molecule has 0 aliphatic rings. The standard InChI is InChI=1S/C16H16N4O5/c1-3-13(11-4-7-16(21)10(2)8-11)17-18-14-6-5-12(19(22)23)9-15(14)20(24)25/h4-9,18,21H,3H2,1-2H3/b17-13+. The second-order valence-electron chi connectivity index (χ2n) is 5.24. The van der Waals surface area contributed by atoms with Crippen molar-refractivity contribution in [3.63, 3.8) is 0 Å². The van der Waals surface area contributed by atoms with E-state index in [2.05, 4.69) is 10.5 Å². The fraction of sp³-hybridized carbons (Fsp3) is 0.188. The van der Waals surface area contributed by atoms with E-state index in [1.54, 1.807) is 25.1 Å². The predicted octanol–water partition coefficient (Wildman–Crippen LogP) is 3.74. The number of aromatic hydroxyl groups is 1. The number of hydrazone groups is 1. The summed E-state index contributed by atoms with van der Waals surface area (Å²) in [6, 6.07) is 8.29. The third-order valence-electron chi connectivity index (χ3n) is 3.57. The Bertz CT molecular complexity index is 864. The third kappa shape index (κ3) is 4.08. The summed E-state index contributed by atoms with van der Waals surface area (Å²) >= 11 is 0. The average Bonchev–Trinajstić information content (AvgIpc) is 2.58. The van der Waals surface area contributed by atoms with Crippen LogP contribution in [-0.2, 0) is 0 Å². The molecule has 130 valence electrons. The number of non-ortho nitro benzene ring substituents is 1. The molecule has 0 unspecified atom stereocenters. The number of nitrogens with one attached hydrogen (secondary N) is 1. The number of hydrogen-bond acceptors (Lipinski definition) is 7. The van der Waals surface area contributed by atoms with E-state index in [1.165, 1.54) is 12.1 Å². The molecule has 0 heterocycles. The van der Waals surface area contributed by atoms with E-state index in [9.17, 15) is 25.3 Å². The number of aryl methyl sites for hydroxylation is 1. The molecule has 0 spiro atoms. The maximum atomic E-state index is 11.1. The molecule has 0 aromatic heterocycles. The fourth-order valence-corrected chi connectivity index (χ4v) is 2.19. The summed E-state index contributed by atoms with van der Waals surface area (Å²) in [5.41, 5.74) is 3.91. The van der Waals surface area contributed by atoms with Gasteiger partial charge in [-0.2, -0.15) is 5.10 Å². The van der Waals surface area contributed by atoms with Gasteiger partial charge in [-0.15, -0.1) is 0 Å². The molecule has 0 fully saturated rings. The van der Waals surface area contributed by atoms with Crippen LogP contribution in [-0.4, -0.2) is 20.7 Å². The lowest BCUT2D eigenvalue weighted by Gasteiger charge is -2.08. The first-order valence-electron chi connectivity index (χ1n) is 7.39. The summed E-state index contributed by atoms with van der Waals surface area (Å²) in [5.74, 6) is 0.165. The Balaban J connectivity index is 2.36. The summed E-state index contributed by atoms with van der Waals surface area (Å²) in [4.78, 5) is 20.5. The molecule has 0 atom stereocenters. The summed E-state index contributed by atoms with van der Waals surface area (Å²) in [5, 5.41) is 35.7. The van der Waals surface area contributed by atoms with E-state index in [0.29, 0.717) is 17.7 Å². The van der Waals surface area contributed by atoms with Crippen molar-refractivity contribution in [2.75, 3.05) is 5.43 Å². The number of nitro benzene ring substituents is 2. The molecule has 9 heteroatoms. The van der Waals surface area contributed by atoms with Crippen LogP contribution in [0.2, 0.25) is 0 Å². The van der Waals surface area contributed by atoms with E-state index in [-0.39, 0.29) is 17.1 Å². The lowest BCUT2D eigenvalue weighted by Crippen LogP contribution is -2.05. The number of benzene rings is 2. The highest BCUT2D eigenvalue weighted by Crippen LogP contribution is 2.29. The van der Waals surface area contributed by atoms with Gasteiger partial charge in [0.1, 0.15) is 11.4 Å². The van der Waals surface area contributed by atoms with Crippen molar-refractivity contribution < 1.29 is 15.0 Å². The Morgan fingerprint density at radius 2 is 1.88 bits per heavy atom. The van der Waals surface area contributed by atoms with Crippen LogP contribution in [0.3, 0.4) is 0 Å². The second kappa shape index (κ2) is 7.39. The number of phenolic OH excluding ortho intramolecular Hbond substituents is 1. The molecule has 2 aromatic rings. The number of nitro groups is 2. The van der Waals surface area contributed by atoms with Crippen molar-refractivity contribution in [2.24, 2.45) is 5.10 Å². The summed E-state index contributed by atoms with van der Waals surface area (Å²) in [6.45, 7) is 3.62. The molecule has 0 saturated heterocycles. The molecule has 0 aliphatic heterocycles. The van der Waals surface area contributed by atoms with Crippen molar-refractivity contribution >= 4 is 22.8 Å². The second-order valence-corrected chi connectivity index (χ2v) is 5.24. The van der Waals surface area contributed by atoms with Gasteiger partial charge in [-0.3, -0.25) is 25.7 Å². The minimum atomic E-state index is -0.707. The zero-order valence-electron chi connectivity index (χ0n) is 13.6. The molecule has 0 aliphatic carbocycles. The van der Waals surface area contributed by atoms with Gasteiger partial charge in [0.2, 0.25) is 0 Å². The zero-order chi connectivity index (χ0) is 18.6. The van der Waals surface area contributed by atoms with Crippen LogP contribution < -0.4 is 5.43 Å². The molecule has 9 nitrogen and oxygen atoms in total. The van der Waals surface area contributed by atoms with Gasteiger partial charge in [-0.05, 0) is 48.7 Å². The van der Waals surface area contributed by atoms with Crippen LogP contribution in [0, 0.1) is 27.2 Å². The normalized spacial score (nSPS) is 11.2. The highest BCUT2D eigenvalue weighted by Gasteiger charge is 2.19. The minimum Gasteiger partial charge on any atom is -0.508 e. The SMILES string of the molecule is CC/C(=N\Nc1ccc([N+](=O)[O-])cc1[N+](=O)[O-])c1ccc(O)c(C)c1. The van der Waals surface area contributed by atoms with Crippen molar-refractivity contribution in [3.05, 3.63) is 67.8 Å². The van der Waals surface area contributed by atoms with E-state index in [4.69, 9.17) is 0 Å². The lowest BCUT2D eigenvalue weighted by molar-refractivity contribution is -0.393. The van der Waals surface area contributed by atoms with Crippen LogP contribution >= 0.6 is 0 Å². The zero-order valence-corrected chi connectivity index (χ0v) is 13.6. The molecular weight excluding hydrogens is 328 g/mol. The molecule has 0 bridgehead atoms. The molecule has 0 radical (unpaired) electrons. The van der Waals surface area contributed by atoms with Gasteiger partial charge in [0.05, 0.1) is 21.6 Å². The number of phenols is 1. The van der Waals surface area contributed by atoms with Crippen LogP contribution in [0.1, 0.15) is 24.5 Å². The summed E-state index contributed by atoms with van der Waals surface area (Å²) < 4.78 is 0. The van der Waals surface area contributed by atoms with Gasteiger partial charge in [-0.25, -0.2) is 0 Å². The first kappa shape index (κ1) is 17.9. The van der Waals surface area contributed by atoms with Crippen LogP contribution in [0.5, 0.6) is 5.75 Å². The van der Waals surface area contributed by atoms with Gasteiger partial charge >= 0.3 is 5.69 Å². The number of hydrogen-bond donors (Lipinski definition) is 2. The Morgan fingerprint density at radius 1 is 1.16 bits per heavy atom. The molecule has 0 amide bonds. The summed E-state index contributed by atoms with van der Waals surface area (Å²) in [7, 11) is 0. The quantitative estimate of drug-likeness (QED) is 0.466. The fourth-order valence-electron chi connectivity index (χ4n) is 2.19. The van der Waals surface area contributed by atoms with Gasteiger partial charge < -0.3 is 5.11 Å². The first-order chi connectivity index (χ1) is 11.8. The number of nitrogens with zero attached hydrogens (tertiary/aromatic N) is 3. The van der Waals surface area contributed by atoms with E-state index < -0.39 is 15.5 Å². The Kier molecular flexibility index (Phi) is 5.28. The molecule has 25 heavy (non-hydrogen) atoms. The van der Waals surface area contributed by atoms with Crippen molar-refractivity contribution in [1.29, 1.82) is 0 Å². The average molecular weight is 344 g/mol. The Labute approximate surface area is 142 Å². The van der Waals surface area contributed by atoms with E-state index in [0.717, 1.165) is 11.6 Å². The smallest absolute Gasteiger partial charge is 0.301 e. The molecule has 2 N–H and O–H groups in total. The predicted molar refractivity (Wildman–Crippen MR) is 93.0 cm³/mol. The molecule has 2 aromatic carbocycles. The topological polar surface area (TPSA) is 131 Å². The molecule has 0 saturated carbocycles. The monoisotopic (exact) mass is 344 g/mol. The Morgan fingerprint density at radius 3 is 2.44 bits per heavy atom.